The van der Waals surface area contributed by atoms with Gasteiger partial charge in [0.2, 0.25) is 0 Å². The summed E-state index contributed by atoms with van der Waals surface area (Å²) in [6, 6.07) is 5.86. The quantitative estimate of drug-likeness (QED) is 0.868. The molecule has 0 amide bonds. The first-order valence-electron chi connectivity index (χ1n) is 6.28. The van der Waals surface area contributed by atoms with Gasteiger partial charge in [0.1, 0.15) is 11.9 Å². The number of ether oxygens (including phenoxy) is 1. The lowest BCUT2D eigenvalue weighted by atomic mass is 9.91. The number of hydrogen-bond donors (Lipinski definition) is 1. The Bertz CT molecular complexity index is 372. The van der Waals surface area contributed by atoms with Crippen molar-refractivity contribution < 1.29 is 9.13 Å². The lowest BCUT2D eigenvalue weighted by Gasteiger charge is -2.27. The smallest absolute Gasteiger partial charge is 0.124 e. The van der Waals surface area contributed by atoms with E-state index in [1.165, 1.54) is 12.8 Å². The first kappa shape index (κ1) is 12.4. The second-order valence-electron chi connectivity index (χ2n) is 4.58. The Morgan fingerprint density at radius 1 is 1.41 bits per heavy atom. The maximum atomic E-state index is 13.7. The molecule has 1 fully saturated rings. The minimum absolute atomic E-state index is 0.230. The highest BCUT2D eigenvalue weighted by atomic mass is 19.1. The van der Waals surface area contributed by atoms with Crippen LogP contribution in [0.5, 0.6) is 5.75 Å². The van der Waals surface area contributed by atoms with Gasteiger partial charge in [0, 0.05) is 11.6 Å². The number of piperidine rings is 1. The van der Waals surface area contributed by atoms with Gasteiger partial charge in [-0.2, -0.15) is 0 Å². The second-order valence-corrected chi connectivity index (χ2v) is 4.58. The summed E-state index contributed by atoms with van der Waals surface area (Å²) in [5.74, 6) is 0.798. The molecule has 0 bridgehead atoms. The minimum Gasteiger partial charge on any atom is -0.496 e. The number of rotatable bonds is 3. The Hall–Kier alpha value is -1.09. The molecule has 1 aromatic rings. The van der Waals surface area contributed by atoms with Gasteiger partial charge in [0.15, 0.2) is 0 Å². The van der Waals surface area contributed by atoms with Crippen molar-refractivity contribution >= 4 is 0 Å². The van der Waals surface area contributed by atoms with Gasteiger partial charge in [-0.3, -0.25) is 0 Å². The molecule has 0 aromatic heterocycles. The van der Waals surface area contributed by atoms with E-state index in [2.05, 4.69) is 5.32 Å². The van der Waals surface area contributed by atoms with Gasteiger partial charge in [0.05, 0.1) is 7.11 Å². The van der Waals surface area contributed by atoms with E-state index >= 15 is 0 Å². The van der Waals surface area contributed by atoms with Crippen LogP contribution in [0.3, 0.4) is 0 Å². The van der Waals surface area contributed by atoms with Gasteiger partial charge in [0.25, 0.3) is 0 Å². The zero-order chi connectivity index (χ0) is 12.3. The number of nitrogens with one attached hydrogen (secondary N) is 1. The molecule has 0 aliphatic carbocycles. The maximum Gasteiger partial charge on any atom is 0.124 e. The monoisotopic (exact) mass is 237 g/mol. The van der Waals surface area contributed by atoms with Crippen LogP contribution in [-0.4, -0.2) is 13.7 Å². The molecule has 1 aromatic carbocycles. The summed E-state index contributed by atoms with van der Waals surface area (Å²) < 4.78 is 19.1. The normalized spacial score (nSPS) is 22.2. The van der Waals surface area contributed by atoms with Crippen LogP contribution >= 0.6 is 0 Å². The van der Waals surface area contributed by atoms with Crippen LogP contribution in [0.2, 0.25) is 0 Å². The van der Waals surface area contributed by atoms with Crippen LogP contribution in [0.15, 0.2) is 18.2 Å². The fourth-order valence-corrected chi connectivity index (χ4v) is 2.56. The van der Waals surface area contributed by atoms with Gasteiger partial charge in [-0.1, -0.05) is 18.6 Å². The highest BCUT2D eigenvalue weighted by Gasteiger charge is 2.23. The SMILES string of the molecule is COc1cccc(C(C)F)c1C1CCCCN1. The average Bonchev–Trinajstić information content (AvgIpc) is 2.38. The Morgan fingerprint density at radius 3 is 2.82 bits per heavy atom. The van der Waals surface area contributed by atoms with Crippen LogP contribution in [-0.2, 0) is 0 Å². The standard InChI is InChI=1S/C14H20FNO/c1-10(15)11-6-5-8-13(17-2)14(11)12-7-3-4-9-16-12/h5-6,8,10,12,16H,3-4,7,9H2,1-2H3. The molecule has 1 N–H and O–H groups in total. The molecule has 1 heterocycles. The summed E-state index contributed by atoms with van der Waals surface area (Å²) in [7, 11) is 1.65. The van der Waals surface area contributed by atoms with Crippen molar-refractivity contribution in [2.45, 2.75) is 38.4 Å². The first-order chi connectivity index (χ1) is 8.24. The van der Waals surface area contributed by atoms with E-state index < -0.39 is 6.17 Å². The summed E-state index contributed by atoms with van der Waals surface area (Å²) in [4.78, 5) is 0. The predicted octanol–water partition coefficient (Wildman–Crippen LogP) is 3.54. The third-order valence-corrected chi connectivity index (χ3v) is 3.41. The van der Waals surface area contributed by atoms with Crippen LogP contribution in [0.25, 0.3) is 0 Å². The highest BCUT2D eigenvalue weighted by Crippen LogP contribution is 2.36. The average molecular weight is 237 g/mol. The molecule has 2 rings (SSSR count). The largest absolute Gasteiger partial charge is 0.496 e. The summed E-state index contributed by atoms with van der Waals surface area (Å²) >= 11 is 0. The van der Waals surface area contributed by atoms with E-state index in [0.29, 0.717) is 0 Å². The fraction of sp³-hybridized carbons (Fsp3) is 0.571. The van der Waals surface area contributed by atoms with Crippen molar-refractivity contribution in [2.75, 3.05) is 13.7 Å². The lowest BCUT2D eigenvalue weighted by Crippen LogP contribution is -2.28. The fourth-order valence-electron chi connectivity index (χ4n) is 2.56. The van der Waals surface area contributed by atoms with E-state index in [0.717, 1.165) is 29.8 Å². The summed E-state index contributed by atoms with van der Waals surface area (Å²) in [5, 5.41) is 3.46. The topological polar surface area (TPSA) is 21.3 Å². The minimum atomic E-state index is -0.955. The van der Waals surface area contributed by atoms with Crippen LogP contribution < -0.4 is 10.1 Å². The van der Waals surface area contributed by atoms with Crippen LogP contribution in [0, 0.1) is 0 Å². The predicted molar refractivity (Wildman–Crippen MR) is 67.1 cm³/mol. The van der Waals surface area contributed by atoms with Crippen molar-refractivity contribution in [3.05, 3.63) is 29.3 Å². The highest BCUT2D eigenvalue weighted by molar-refractivity contribution is 5.43. The Morgan fingerprint density at radius 2 is 2.24 bits per heavy atom. The van der Waals surface area contributed by atoms with E-state index in [1.54, 1.807) is 14.0 Å². The molecule has 2 atom stereocenters. The Kier molecular flexibility index (Phi) is 4.00. The molecule has 0 saturated carbocycles. The number of methoxy groups -OCH3 is 1. The molecule has 1 aliphatic heterocycles. The zero-order valence-corrected chi connectivity index (χ0v) is 10.5. The van der Waals surface area contributed by atoms with Gasteiger partial charge >= 0.3 is 0 Å². The first-order valence-corrected chi connectivity index (χ1v) is 6.28. The maximum absolute atomic E-state index is 13.7. The van der Waals surface area contributed by atoms with Gasteiger partial charge < -0.3 is 10.1 Å². The van der Waals surface area contributed by atoms with Crippen LogP contribution in [0.4, 0.5) is 4.39 Å². The molecule has 94 valence electrons. The number of benzene rings is 1. The van der Waals surface area contributed by atoms with Crippen molar-refractivity contribution in [2.24, 2.45) is 0 Å². The molecule has 17 heavy (non-hydrogen) atoms. The Labute approximate surface area is 102 Å². The molecule has 2 nitrogen and oxygen atoms in total. The molecule has 3 heteroatoms. The molecule has 0 radical (unpaired) electrons. The lowest BCUT2D eigenvalue weighted by molar-refractivity contribution is 0.343. The number of hydrogen-bond acceptors (Lipinski definition) is 2. The number of alkyl halides is 1. The van der Waals surface area contributed by atoms with E-state index in [9.17, 15) is 4.39 Å². The number of halogens is 1. The third-order valence-electron chi connectivity index (χ3n) is 3.41. The van der Waals surface area contributed by atoms with Gasteiger partial charge in [-0.05, 0) is 37.9 Å². The van der Waals surface area contributed by atoms with Gasteiger partial charge in [-0.25, -0.2) is 4.39 Å². The molecule has 0 spiro atoms. The molecule has 1 saturated heterocycles. The van der Waals surface area contributed by atoms with Crippen molar-refractivity contribution in [1.82, 2.24) is 5.32 Å². The van der Waals surface area contributed by atoms with E-state index in [1.807, 2.05) is 18.2 Å². The van der Waals surface area contributed by atoms with Crippen LogP contribution in [0.1, 0.15) is 49.5 Å². The van der Waals surface area contributed by atoms with E-state index in [-0.39, 0.29) is 6.04 Å². The second kappa shape index (κ2) is 5.50. The zero-order valence-electron chi connectivity index (χ0n) is 10.5. The molecular weight excluding hydrogens is 217 g/mol. The van der Waals surface area contributed by atoms with Crippen molar-refractivity contribution in [3.8, 4) is 5.75 Å². The molecular formula is C14H20FNO. The summed E-state index contributed by atoms with van der Waals surface area (Å²) in [6.07, 6.45) is 2.49. The molecule has 2 unspecified atom stereocenters. The Balaban J connectivity index is 2.40. The van der Waals surface area contributed by atoms with E-state index in [4.69, 9.17) is 4.74 Å². The van der Waals surface area contributed by atoms with Crippen molar-refractivity contribution in [1.29, 1.82) is 0 Å². The molecule has 1 aliphatic rings. The summed E-state index contributed by atoms with van der Waals surface area (Å²) in [6.45, 7) is 2.59. The van der Waals surface area contributed by atoms with Crippen molar-refractivity contribution in [3.63, 3.8) is 0 Å². The van der Waals surface area contributed by atoms with Gasteiger partial charge in [-0.15, -0.1) is 0 Å². The summed E-state index contributed by atoms with van der Waals surface area (Å²) in [5.41, 5.74) is 1.76. The third kappa shape index (κ3) is 2.60.